The monoisotopic (exact) mass is 189 g/mol. The van der Waals surface area contributed by atoms with Gasteiger partial charge in [0.25, 0.3) is 0 Å². The van der Waals surface area contributed by atoms with Crippen LogP contribution >= 0.6 is 0 Å². The Morgan fingerprint density at radius 1 is 1.29 bits per heavy atom. The maximum Gasteiger partial charge on any atom is 0.0344 e. The molecule has 1 aliphatic carbocycles. The highest BCUT2D eigenvalue weighted by Crippen LogP contribution is 2.33. The second-order valence-corrected chi connectivity index (χ2v) is 4.57. The van der Waals surface area contributed by atoms with E-state index in [-0.39, 0.29) is 0 Å². The largest absolute Gasteiger partial charge is 0.302 e. The minimum atomic E-state index is 0.638. The molecule has 2 rings (SSSR count). The Balaban J connectivity index is 2.40. The highest BCUT2D eigenvalue weighted by Gasteiger charge is 2.21. The molecule has 0 bridgehead atoms. The lowest BCUT2D eigenvalue weighted by atomic mass is 9.86. The Morgan fingerprint density at radius 3 is 2.79 bits per heavy atom. The molecule has 1 aromatic rings. The third-order valence-electron chi connectivity index (χ3n) is 3.20. The van der Waals surface area contributed by atoms with Crippen LogP contribution in [0.25, 0.3) is 0 Å². The highest BCUT2D eigenvalue weighted by atomic mass is 15.1. The lowest BCUT2D eigenvalue weighted by molar-refractivity contribution is 0.268. The maximum atomic E-state index is 2.35. The number of benzene rings is 1. The number of nitrogens with zero attached hydrogens (tertiary/aromatic N) is 1. The van der Waals surface area contributed by atoms with Crippen LogP contribution in [0, 0.1) is 6.92 Å². The minimum Gasteiger partial charge on any atom is -0.302 e. The van der Waals surface area contributed by atoms with E-state index >= 15 is 0 Å². The van der Waals surface area contributed by atoms with Crippen LogP contribution < -0.4 is 0 Å². The van der Waals surface area contributed by atoms with Crippen molar-refractivity contribution in [2.75, 3.05) is 14.1 Å². The summed E-state index contributed by atoms with van der Waals surface area (Å²) in [4.78, 5) is 2.34. The third-order valence-corrected chi connectivity index (χ3v) is 3.20. The van der Waals surface area contributed by atoms with E-state index in [1.165, 1.54) is 24.8 Å². The van der Waals surface area contributed by atoms with Crippen LogP contribution in [-0.4, -0.2) is 19.0 Å². The normalized spacial score (nSPS) is 21.0. The average molecular weight is 189 g/mol. The molecule has 0 spiro atoms. The fourth-order valence-electron chi connectivity index (χ4n) is 2.45. The first kappa shape index (κ1) is 9.72. The molecule has 1 unspecified atom stereocenters. The molecule has 0 amide bonds. The highest BCUT2D eigenvalue weighted by molar-refractivity contribution is 5.35. The van der Waals surface area contributed by atoms with E-state index in [0.717, 1.165) is 0 Å². The molecule has 0 aliphatic heterocycles. The summed E-state index contributed by atoms with van der Waals surface area (Å²) in [5.74, 6) is 0. The topological polar surface area (TPSA) is 3.24 Å². The fourth-order valence-corrected chi connectivity index (χ4v) is 2.45. The van der Waals surface area contributed by atoms with Gasteiger partial charge < -0.3 is 4.90 Å². The molecule has 0 saturated heterocycles. The predicted octanol–water partition coefficient (Wildman–Crippen LogP) is 2.93. The van der Waals surface area contributed by atoms with Crippen LogP contribution in [0.5, 0.6) is 0 Å². The molecule has 1 nitrogen and oxygen atoms in total. The first-order valence-corrected chi connectivity index (χ1v) is 5.44. The van der Waals surface area contributed by atoms with Crippen molar-refractivity contribution in [2.45, 2.75) is 32.2 Å². The number of hydrogen-bond donors (Lipinski definition) is 0. The van der Waals surface area contributed by atoms with E-state index in [2.05, 4.69) is 44.1 Å². The van der Waals surface area contributed by atoms with E-state index < -0.39 is 0 Å². The van der Waals surface area contributed by atoms with Gasteiger partial charge in [-0.3, -0.25) is 0 Å². The fraction of sp³-hybridized carbons (Fsp3) is 0.538. The van der Waals surface area contributed by atoms with Crippen molar-refractivity contribution in [3.8, 4) is 0 Å². The van der Waals surface area contributed by atoms with Crippen molar-refractivity contribution >= 4 is 0 Å². The lowest BCUT2D eigenvalue weighted by Crippen LogP contribution is -2.24. The molecule has 0 radical (unpaired) electrons. The van der Waals surface area contributed by atoms with Crippen LogP contribution in [0.15, 0.2) is 18.2 Å². The molecule has 14 heavy (non-hydrogen) atoms. The molecule has 1 aromatic carbocycles. The molecule has 1 heteroatoms. The van der Waals surface area contributed by atoms with Crippen LogP contribution in [0.2, 0.25) is 0 Å². The van der Waals surface area contributed by atoms with E-state index in [1.54, 1.807) is 11.1 Å². The number of rotatable bonds is 1. The zero-order valence-electron chi connectivity index (χ0n) is 9.38. The van der Waals surface area contributed by atoms with Crippen molar-refractivity contribution in [1.82, 2.24) is 4.90 Å². The Hall–Kier alpha value is -0.820. The van der Waals surface area contributed by atoms with Gasteiger partial charge in [-0.1, -0.05) is 23.8 Å². The molecule has 0 fully saturated rings. The van der Waals surface area contributed by atoms with Crippen LogP contribution in [-0.2, 0) is 6.42 Å². The predicted molar refractivity (Wildman–Crippen MR) is 60.5 cm³/mol. The van der Waals surface area contributed by atoms with Gasteiger partial charge in [0, 0.05) is 6.04 Å². The Labute approximate surface area is 86.7 Å². The molecule has 0 saturated carbocycles. The number of fused-ring (bicyclic) bond motifs is 1. The zero-order chi connectivity index (χ0) is 10.1. The van der Waals surface area contributed by atoms with Crippen molar-refractivity contribution in [2.24, 2.45) is 0 Å². The average Bonchev–Trinajstić information content (AvgIpc) is 2.16. The van der Waals surface area contributed by atoms with Crippen LogP contribution in [0.4, 0.5) is 0 Å². The SMILES string of the molecule is Cc1ccc2c(c1)CCCC2N(C)C. The van der Waals surface area contributed by atoms with Crippen molar-refractivity contribution in [3.63, 3.8) is 0 Å². The van der Waals surface area contributed by atoms with Gasteiger partial charge >= 0.3 is 0 Å². The lowest BCUT2D eigenvalue weighted by Gasteiger charge is -2.31. The first-order chi connectivity index (χ1) is 6.68. The van der Waals surface area contributed by atoms with Gasteiger partial charge in [-0.2, -0.15) is 0 Å². The number of aryl methyl sites for hydroxylation is 2. The first-order valence-electron chi connectivity index (χ1n) is 5.44. The maximum absolute atomic E-state index is 2.35. The molecule has 76 valence electrons. The molecule has 0 N–H and O–H groups in total. The van der Waals surface area contributed by atoms with E-state index in [0.29, 0.717) is 6.04 Å². The summed E-state index contributed by atoms with van der Waals surface area (Å²) in [6, 6.07) is 7.54. The van der Waals surface area contributed by atoms with Crippen molar-refractivity contribution in [1.29, 1.82) is 0 Å². The van der Waals surface area contributed by atoms with Gasteiger partial charge in [0.2, 0.25) is 0 Å². The zero-order valence-corrected chi connectivity index (χ0v) is 9.38. The van der Waals surface area contributed by atoms with Gasteiger partial charge in [0.15, 0.2) is 0 Å². The second-order valence-electron chi connectivity index (χ2n) is 4.57. The quantitative estimate of drug-likeness (QED) is 0.656. The van der Waals surface area contributed by atoms with Gasteiger partial charge in [-0.25, -0.2) is 0 Å². The summed E-state index contributed by atoms with van der Waals surface area (Å²) in [6.07, 6.45) is 3.91. The third kappa shape index (κ3) is 1.69. The molecular formula is C13H19N. The standard InChI is InChI=1S/C13H19N/c1-10-7-8-12-11(9-10)5-4-6-13(12)14(2)3/h7-9,13H,4-6H2,1-3H3. The van der Waals surface area contributed by atoms with Crippen LogP contribution in [0.3, 0.4) is 0 Å². The molecule has 0 aromatic heterocycles. The molecular weight excluding hydrogens is 170 g/mol. The van der Waals surface area contributed by atoms with Crippen LogP contribution in [0.1, 0.15) is 35.6 Å². The summed E-state index contributed by atoms with van der Waals surface area (Å²) >= 11 is 0. The summed E-state index contributed by atoms with van der Waals surface area (Å²) in [5.41, 5.74) is 4.50. The van der Waals surface area contributed by atoms with E-state index in [1.807, 2.05) is 0 Å². The Bertz CT molecular complexity index is 328. The summed E-state index contributed by atoms with van der Waals surface area (Å²) in [6.45, 7) is 2.18. The van der Waals surface area contributed by atoms with Gasteiger partial charge in [-0.05, 0) is 51.4 Å². The number of hydrogen-bond acceptors (Lipinski definition) is 1. The van der Waals surface area contributed by atoms with Gasteiger partial charge in [0.05, 0.1) is 0 Å². The smallest absolute Gasteiger partial charge is 0.0344 e. The Morgan fingerprint density at radius 2 is 2.07 bits per heavy atom. The van der Waals surface area contributed by atoms with Crippen molar-refractivity contribution in [3.05, 3.63) is 34.9 Å². The van der Waals surface area contributed by atoms with E-state index in [9.17, 15) is 0 Å². The molecule has 1 aliphatic rings. The molecule has 0 heterocycles. The summed E-state index contributed by atoms with van der Waals surface area (Å²) < 4.78 is 0. The summed E-state index contributed by atoms with van der Waals surface area (Å²) in [7, 11) is 4.36. The van der Waals surface area contributed by atoms with Gasteiger partial charge in [-0.15, -0.1) is 0 Å². The Kier molecular flexibility index (Phi) is 2.60. The van der Waals surface area contributed by atoms with Gasteiger partial charge in [0.1, 0.15) is 0 Å². The van der Waals surface area contributed by atoms with E-state index in [4.69, 9.17) is 0 Å². The van der Waals surface area contributed by atoms with Crippen molar-refractivity contribution < 1.29 is 0 Å². The summed E-state index contributed by atoms with van der Waals surface area (Å²) in [5, 5.41) is 0. The molecule has 1 atom stereocenters. The minimum absolute atomic E-state index is 0.638. The second kappa shape index (κ2) is 3.74.